The second-order valence-electron chi connectivity index (χ2n) is 4.78. The molecular weight excluding hydrogens is 256 g/mol. The number of nitrogen functional groups attached to an aromatic ring is 1. The van der Waals surface area contributed by atoms with E-state index in [9.17, 15) is 9.59 Å². The zero-order valence-corrected chi connectivity index (χ0v) is 12.0. The van der Waals surface area contributed by atoms with E-state index in [-0.39, 0.29) is 11.8 Å². The summed E-state index contributed by atoms with van der Waals surface area (Å²) in [5.74, 6) is -0.406. The number of amides is 1. The molecule has 1 aromatic carbocycles. The summed E-state index contributed by atoms with van der Waals surface area (Å²) in [5.41, 5.74) is 7.18. The van der Waals surface area contributed by atoms with Gasteiger partial charge in [0.15, 0.2) is 0 Å². The maximum absolute atomic E-state index is 11.7. The Kier molecular flexibility index (Phi) is 5.77. The maximum atomic E-state index is 11.7. The highest BCUT2D eigenvalue weighted by Crippen LogP contribution is 2.15. The molecule has 0 atom stereocenters. The van der Waals surface area contributed by atoms with Crippen LogP contribution < -0.4 is 11.1 Å². The number of carbonyl (C=O) groups excluding carboxylic acids is 2. The molecule has 0 heterocycles. The number of carbonyl (C=O) groups is 2. The first-order chi connectivity index (χ1) is 9.43. The van der Waals surface area contributed by atoms with Crippen molar-refractivity contribution in [1.29, 1.82) is 0 Å². The van der Waals surface area contributed by atoms with Crippen molar-refractivity contribution in [1.82, 2.24) is 5.32 Å². The Morgan fingerprint density at radius 3 is 2.70 bits per heavy atom. The first kappa shape index (κ1) is 15.8. The van der Waals surface area contributed by atoms with Crippen molar-refractivity contribution in [2.45, 2.75) is 13.8 Å². The van der Waals surface area contributed by atoms with Crippen LogP contribution in [-0.2, 0) is 9.53 Å². The van der Waals surface area contributed by atoms with Gasteiger partial charge in [-0.15, -0.1) is 0 Å². The number of hydrogen-bond donors (Lipinski definition) is 2. The van der Waals surface area contributed by atoms with Gasteiger partial charge in [-0.05, 0) is 29.7 Å². The number of esters is 1. The van der Waals surface area contributed by atoms with E-state index < -0.39 is 5.97 Å². The lowest BCUT2D eigenvalue weighted by Crippen LogP contribution is -2.19. The topological polar surface area (TPSA) is 81.4 Å². The predicted octanol–water partition coefficient (Wildman–Crippen LogP) is 1.84. The average molecular weight is 276 g/mol. The van der Waals surface area contributed by atoms with Crippen molar-refractivity contribution < 1.29 is 14.3 Å². The Morgan fingerprint density at radius 2 is 2.10 bits per heavy atom. The fourth-order valence-corrected chi connectivity index (χ4v) is 1.51. The maximum Gasteiger partial charge on any atom is 0.330 e. The van der Waals surface area contributed by atoms with E-state index in [2.05, 4.69) is 5.32 Å². The number of benzene rings is 1. The lowest BCUT2D eigenvalue weighted by Gasteiger charge is -2.06. The summed E-state index contributed by atoms with van der Waals surface area (Å²) >= 11 is 0. The van der Waals surface area contributed by atoms with Gasteiger partial charge < -0.3 is 15.8 Å². The Bertz CT molecular complexity index is 522. The molecule has 0 saturated carbocycles. The molecule has 0 fully saturated rings. The molecule has 1 rings (SSSR count). The Hall–Kier alpha value is -2.30. The second-order valence-corrected chi connectivity index (χ2v) is 4.78. The molecule has 5 heteroatoms. The van der Waals surface area contributed by atoms with Crippen molar-refractivity contribution >= 4 is 23.6 Å². The van der Waals surface area contributed by atoms with Crippen molar-refractivity contribution in [3.63, 3.8) is 0 Å². The van der Waals surface area contributed by atoms with Gasteiger partial charge in [0.25, 0.3) is 5.91 Å². The molecule has 3 N–H and O–H groups in total. The molecule has 0 saturated heterocycles. The van der Waals surface area contributed by atoms with Gasteiger partial charge in [-0.2, -0.15) is 0 Å². The predicted molar refractivity (Wildman–Crippen MR) is 79.1 cm³/mol. The molecule has 5 nitrogen and oxygen atoms in total. The Balaban J connectivity index is 2.86. The van der Waals surface area contributed by atoms with E-state index in [1.165, 1.54) is 13.1 Å². The van der Waals surface area contributed by atoms with Gasteiger partial charge in [0.1, 0.15) is 0 Å². The quantitative estimate of drug-likeness (QED) is 0.488. The summed E-state index contributed by atoms with van der Waals surface area (Å²) in [5, 5.41) is 2.53. The van der Waals surface area contributed by atoms with E-state index in [0.717, 1.165) is 0 Å². The summed E-state index contributed by atoms with van der Waals surface area (Å²) in [6.45, 7) is 4.29. The molecule has 0 aliphatic rings. The molecular formula is C15H20N2O3. The van der Waals surface area contributed by atoms with Crippen LogP contribution >= 0.6 is 0 Å². The largest absolute Gasteiger partial charge is 0.462 e. The monoisotopic (exact) mass is 276 g/mol. The number of rotatable bonds is 5. The van der Waals surface area contributed by atoms with Gasteiger partial charge in [-0.25, -0.2) is 4.79 Å². The number of anilines is 1. The van der Waals surface area contributed by atoms with Gasteiger partial charge in [-0.1, -0.05) is 19.9 Å². The van der Waals surface area contributed by atoms with Crippen molar-refractivity contribution in [2.75, 3.05) is 19.4 Å². The van der Waals surface area contributed by atoms with E-state index in [0.29, 0.717) is 23.4 Å². The summed E-state index contributed by atoms with van der Waals surface area (Å²) in [4.78, 5) is 23.2. The zero-order chi connectivity index (χ0) is 15.1. The van der Waals surface area contributed by atoms with E-state index in [4.69, 9.17) is 10.5 Å². The van der Waals surface area contributed by atoms with Crippen LogP contribution in [-0.4, -0.2) is 25.5 Å². The fraction of sp³-hybridized carbons (Fsp3) is 0.333. The molecule has 0 aliphatic carbocycles. The summed E-state index contributed by atoms with van der Waals surface area (Å²) in [7, 11) is 1.54. The van der Waals surface area contributed by atoms with Crippen LogP contribution in [0.3, 0.4) is 0 Å². The molecule has 0 unspecified atom stereocenters. The van der Waals surface area contributed by atoms with Crippen molar-refractivity contribution in [3.05, 3.63) is 35.4 Å². The molecule has 20 heavy (non-hydrogen) atoms. The van der Waals surface area contributed by atoms with Crippen LogP contribution in [0.15, 0.2) is 24.3 Å². The third-order valence-electron chi connectivity index (χ3n) is 2.51. The SMILES string of the molecule is CNC(=O)c1cc(N)ccc1/C=C/C(=O)OCC(C)C. The molecule has 1 aromatic rings. The highest BCUT2D eigenvalue weighted by atomic mass is 16.5. The van der Waals surface area contributed by atoms with Crippen LogP contribution in [0.1, 0.15) is 29.8 Å². The standard InChI is InChI=1S/C15H20N2O3/c1-10(2)9-20-14(18)7-5-11-4-6-12(16)8-13(11)15(19)17-3/h4-8,10H,9,16H2,1-3H3,(H,17,19)/b7-5+. The molecule has 0 bridgehead atoms. The van der Waals surface area contributed by atoms with Crippen LogP contribution in [0.4, 0.5) is 5.69 Å². The van der Waals surface area contributed by atoms with Gasteiger partial charge in [0.2, 0.25) is 0 Å². The van der Waals surface area contributed by atoms with Crippen LogP contribution in [0.25, 0.3) is 6.08 Å². The van der Waals surface area contributed by atoms with Crippen molar-refractivity contribution in [2.24, 2.45) is 5.92 Å². The third kappa shape index (κ3) is 4.76. The van der Waals surface area contributed by atoms with E-state index in [1.807, 2.05) is 13.8 Å². The highest BCUT2D eigenvalue weighted by molar-refractivity contribution is 5.99. The molecule has 1 amide bonds. The molecule has 0 aliphatic heterocycles. The van der Waals surface area contributed by atoms with Crippen LogP contribution in [0, 0.1) is 5.92 Å². The summed E-state index contributed by atoms with van der Waals surface area (Å²) in [6, 6.07) is 4.93. The van der Waals surface area contributed by atoms with E-state index in [1.54, 1.807) is 24.3 Å². The fourth-order valence-electron chi connectivity index (χ4n) is 1.51. The summed E-state index contributed by atoms with van der Waals surface area (Å²) < 4.78 is 5.02. The van der Waals surface area contributed by atoms with Gasteiger partial charge >= 0.3 is 5.97 Å². The average Bonchev–Trinajstić information content (AvgIpc) is 2.42. The minimum atomic E-state index is -0.432. The third-order valence-corrected chi connectivity index (χ3v) is 2.51. The number of hydrogen-bond acceptors (Lipinski definition) is 4. The first-order valence-corrected chi connectivity index (χ1v) is 6.40. The van der Waals surface area contributed by atoms with Crippen molar-refractivity contribution in [3.8, 4) is 0 Å². The van der Waals surface area contributed by atoms with E-state index >= 15 is 0 Å². The van der Waals surface area contributed by atoms with Gasteiger partial charge in [-0.3, -0.25) is 4.79 Å². The normalized spacial score (nSPS) is 10.8. The minimum absolute atomic E-state index is 0.257. The van der Waals surface area contributed by atoms with Crippen LogP contribution in [0.2, 0.25) is 0 Å². The smallest absolute Gasteiger partial charge is 0.330 e. The minimum Gasteiger partial charge on any atom is -0.462 e. The lowest BCUT2D eigenvalue weighted by molar-refractivity contribution is -0.138. The van der Waals surface area contributed by atoms with Crippen LogP contribution in [0.5, 0.6) is 0 Å². The zero-order valence-electron chi connectivity index (χ0n) is 12.0. The molecule has 0 radical (unpaired) electrons. The molecule has 0 spiro atoms. The number of nitrogens with two attached hydrogens (primary N) is 1. The number of nitrogens with one attached hydrogen (secondary N) is 1. The Labute approximate surface area is 118 Å². The first-order valence-electron chi connectivity index (χ1n) is 6.40. The Morgan fingerprint density at radius 1 is 1.40 bits per heavy atom. The van der Waals surface area contributed by atoms with Gasteiger partial charge in [0, 0.05) is 24.4 Å². The lowest BCUT2D eigenvalue weighted by atomic mass is 10.1. The second kappa shape index (κ2) is 7.33. The summed E-state index contributed by atoms with van der Waals surface area (Å²) in [6.07, 6.45) is 2.85. The molecule has 108 valence electrons. The number of ether oxygens (including phenoxy) is 1. The highest BCUT2D eigenvalue weighted by Gasteiger charge is 2.09. The molecule has 0 aromatic heterocycles. The van der Waals surface area contributed by atoms with Gasteiger partial charge in [0.05, 0.1) is 6.61 Å².